The van der Waals surface area contributed by atoms with Crippen molar-refractivity contribution in [2.45, 2.75) is 6.18 Å². The third-order valence-electron chi connectivity index (χ3n) is 2.55. The Bertz CT molecular complexity index is 685. The lowest BCUT2D eigenvalue weighted by Gasteiger charge is -2.10. The van der Waals surface area contributed by atoms with Crippen molar-refractivity contribution >= 4 is 5.69 Å². The summed E-state index contributed by atoms with van der Waals surface area (Å²) in [7, 11) is 0. The van der Waals surface area contributed by atoms with Gasteiger partial charge in [0, 0.05) is 6.07 Å². The normalized spacial score (nSPS) is 11.2. The van der Waals surface area contributed by atoms with Crippen LogP contribution < -0.4 is 4.74 Å². The van der Waals surface area contributed by atoms with Gasteiger partial charge >= 0.3 is 11.9 Å². The first-order valence-electron chi connectivity index (χ1n) is 5.58. The lowest BCUT2D eigenvalue weighted by molar-refractivity contribution is -0.385. The average Bonchev–Trinajstić information content (AvgIpc) is 2.40. The lowest BCUT2D eigenvalue weighted by Crippen LogP contribution is -2.06. The topological polar surface area (TPSA) is 72.3 Å². The maximum atomic E-state index is 12.5. The summed E-state index contributed by atoms with van der Waals surface area (Å²) in [6.07, 6.45) is -4.71. The lowest BCUT2D eigenvalue weighted by atomic mass is 10.2. The summed E-state index contributed by atoms with van der Waals surface area (Å²) in [5.74, 6) is -1.18. The van der Waals surface area contributed by atoms with Gasteiger partial charge in [-0.15, -0.1) is 0 Å². The molecule has 0 saturated heterocycles. The van der Waals surface area contributed by atoms with E-state index in [0.717, 1.165) is 6.07 Å². The molecular weight excluding hydrogens is 291 g/mol. The van der Waals surface area contributed by atoms with Gasteiger partial charge in [-0.2, -0.15) is 13.2 Å². The first-order chi connectivity index (χ1) is 9.79. The maximum Gasteiger partial charge on any atom is 0.416 e. The van der Waals surface area contributed by atoms with Crippen LogP contribution in [0.5, 0.6) is 17.2 Å². The molecule has 2 aromatic carbocycles. The minimum absolute atomic E-state index is 0.208. The fourth-order valence-corrected chi connectivity index (χ4v) is 1.58. The van der Waals surface area contributed by atoms with Gasteiger partial charge in [-0.05, 0) is 24.3 Å². The van der Waals surface area contributed by atoms with Gasteiger partial charge in [-0.3, -0.25) is 15.2 Å². The molecule has 2 rings (SSSR count). The fourth-order valence-electron chi connectivity index (χ4n) is 1.58. The van der Waals surface area contributed by atoms with Crippen LogP contribution in [0.4, 0.5) is 18.9 Å². The van der Waals surface area contributed by atoms with Crippen molar-refractivity contribution in [3.05, 3.63) is 58.1 Å². The molecule has 0 aliphatic heterocycles. The van der Waals surface area contributed by atoms with Crippen LogP contribution in [0.25, 0.3) is 0 Å². The fraction of sp³-hybridized carbons (Fsp3) is 0.0769. The summed E-state index contributed by atoms with van der Waals surface area (Å²) < 4.78 is 42.7. The second kappa shape index (κ2) is 5.31. The van der Waals surface area contributed by atoms with E-state index in [-0.39, 0.29) is 5.75 Å². The van der Waals surface area contributed by atoms with Crippen LogP contribution in [-0.2, 0) is 11.3 Å². The van der Waals surface area contributed by atoms with Crippen molar-refractivity contribution in [3.8, 4) is 17.2 Å². The van der Waals surface area contributed by atoms with Gasteiger partial charge in [0.1, 0.15) is 0 Å². The third kappa shape index (κ3) is 3.22. The molecule has 0 aromatic heterocycles. The second-order valence-corrected chi connectivity index (χ2v) is 3.99. The first kappa shape index (κ1) is 14.6. The van der Waals surface area contributed by atoms with Crippen molar-refractivity contribution in [1.82, 2.24) is 0 Å². The van der Waals surface area contributed by atoms with E-state index in [1.165, 1.54) is 24.3 Å². The Labute approximate surface area is 116 Å². The number of nitro benzene ring substituents is 1. The Hall–Kier alpha value is -2.77. The van der Waals surface area contributed by atoms with Crippen molar-refractivity contribution in [1.29, 1.82) is 0 Å². The molecule has 0 heterocycles. The summed E-state index contributed by atoms with van der Waals surface area (Å²) in [5.41, 5.74) is -2.04. The molecular formula is C13H7F3NO4. The Morgan fingerprint density at radius 3 is 2.29 bits per heavy atom. The number of rotatable bonds is 3. The number of nitrogens with zero attached hydrogens (tertiary/aromatic N) is 1. The van der Waals surface area contributed by atoms with E-state index in [4.69, 9.17) is 4.74 Å². The minimum Gasteiger partial charge on any atom is -0.446 e. The van der Waals surface area contributed by atoms with Crippen LogP contribution in [0.1, 0.15) is 5.56 Å². The van der Waals surface area contributed by atoms with Crippen molar-refractivity contribution in [3.63, 3.8) is 0 Å². The van der Waals surface area contributed by atoms with Gasteiger partial charge in [-0.25, -0.2) is 0 Å². The van der Waals surface area contributed by atoms with Crippen LogP contribution in [-0.4, -0.2) is 4.92 Å². The maximum absolute atomic E-state index is 12.5. The van der Waals surface area contributed by atoms with Crippen LogP contribution in [0.15, 0.2) is 42.5 Å². The summed E-state index contributed by atoms with van der Waals surface area (Å²) in [5, 5.41) is 22.3. The highest BCUT2D eigenvalue weighted by Crippen LogP contribution is 2.39. The summed E-state index contributed by atoms with van der Waals surface area (Å²) in [6.45, 7) is 0. The second-order valence-electron chi connectivity index (χ2n) is 3.99. The molecule has 0 N–H and O–H groups in total. The predicted molar refractivity (Wildman–Crippen MR) is 64.7 cm³/mol. The van der Waals surface area contributed by atoms with Crippen LogP contribution in [0.3, 0.4) is 0 Å². The molecule has 0 atom stereocenters. The standard InChI is InChI=1S/C13H7F3NO4/c14-13(15,16)8-5-6-11(9(7-8)17(19)20)21-12-4-2-1-3-10(12)18/h1-7H. The molecule has 0 aliphatic carbocycles. The number of halogens is 3. The number of ether oxygens (including phenoxy) is 1. The van der Waals surface area contributed by atoms with Gasteiger partial charge in [-0.1, -0.05) is 12.1 Å². The predicted octanol–water partition coefficient (Wildman–Crippen LogP) is 4.55. The molecule has 0 spiro atoms. The molecule has 0 aliphatic rings. The molecule has 0 saturated carbocycles. The van der Waals surface area contributed by atoms with E-state index in [9.17, 15) is 28.4 Å². The summed E-state index contributed by atoms with van der Waals surface area (Å²) in [4.78, 5) is 9.85. The van der Waals surface area contributed by atoms with Crippen LogP contribution in [0.2, 0.25) is 0 Å². The van der Waals surface area contributed by atoms with Gasteiger partial charge in [0.25, 0.3) is 0 Å². The van der Waals surface area contributed by atoms with E-state index < -0.39 is 33.8 Å². The summed E-state index contributed by atoms with van der Waals surface area (Å²) >= 11 is 0. The van der Waals surface area contributed by atoms with Gasteiger partial charge in [0.15, 0.2) is 5.75 Å². The van der Waals surface area contributed by atoms with E-state index in [2.05, 4.69) is 0 Å². The minimum atomic E-state index is -4.71. The molecule has 1 radical (unpaired) electrons. The summed E-state index contributed by atoms with van der Waals surface area (Å²) in [6, 6.07) is 7.17. The number of benzene rings is 2. The average molecular weight is 298 g/mol. The van der Waals surface area contributed by atoms with Gasteiger partial charge in [0.05, 0.1) is 10.5 Å². The van der Waals surface area contributed by atoms with Gasteiger partial charge in [0.2, 0.25) is 11.5 Å². The zero-order valence-corrected chi connectivity index (χ0v) is 10.3. The van der Waals surface area contributed by atoms with E-state index in [1.54, 1.807) is 0 Å². The SMILES string of the molecule is [O]c1ccccc1Oc1ccc(C(F)(F)F)cc1[N+](=O)[O-]. The van der Waals surface area contributed by atoms with Gasteiger partial charge < -0.3 is 4.74 Å². The third-order valence-corrected chi connectivity index (χ3v) is 2.55. The van der Waals surface area contributed by atoms with E-state index in [0.29, 0.717) is 12.1 Å². The molecule has 21 heavy (non-hydrogen) atoms. The number of nitro groups is 1. The molecule has 0 unspecified atom stereocenters. The van der Waals surface area contributed by atoms with E-state index in [1.807, 2.05) is 0 Å². The highest BCUT2D eigenvalue weighted by atomic mass is 19.4. The van der Waals surface area contributed by atoms with Crippen LogP contribution in [0, 0.1) is 10.1 Å². The molecule has 0 amide bonds. The highest BCUT2D eigenvalue weighted by Gasteiger charge is 2.33. The molecule has 2 aromatic rings. The van der Waals surface area contributed by atoms with Crippen molar-refractivity contribution in [2.24, 2.45) is 0 Å². The number of hydrogen-bond donors (Lipinski definition) is 0. The smallest absolute Gasteiger partial charge is 0.416 e. The number of para-hydroxylation sites is 2. The van der Waals surface area contributed by atoms with Crippen molar-refractivity contribution < 1.29 is 27.9 Å². The Morgan fingerprint density at radius 1 is 1.05 bits per heavy atom. The Balaban J connectivity index is 2.45. The van der Waals surface area contributed by atoms with Crippen LogP contribution >= 0.6 is 0 Å². The molecule has 109 valence electrons. The van der Waals surface area contributed by atoms with Crippen molar-refractivity contribution in [2.75, 3.05) is 0 Å². The zero-order valence-electron chi connectivity index (χ0n) is 10.3. The highest BCUT2D eigenvalue weighted by molar-refractivity contribution is 5.52. The quantitative estimate of drug-likeness (QED) is 0.616. The molecule has 8 heteroatoms. The number of hydrogen-bond acceptors (Lipinski definition) is 3. The number of alkyl halides is 3. The zero-order chi connectivity index (χ0) is 15.6. The van der Waals surface area contributed by atoms with E-state index >= 15 is 0 Å². The molecule has 0 bridgehead atoms. The molecule has 0 fully saturated rings. The Kier molecular flexibility index (Phi) is 3.70. The first-order valence-corrected chi connectivity index (χ1v) is 5.58. The largest absolute Gasteiger partial charge is 0.446 e. The Morgan fingerprint density at radius 2 is 1.71 bits per heavy atom. The molecule has 5 nitrogen and oxygen atoms in total. The monoisotopic (exact) mass is 298 g/mol.